The Morgan fingerprint density at radius 1 is 1.30 bits per heavy atom. The molecule has 0 saturated heterocycles. The molecule has 0 aliphatic carbocycles. The van der Waals surface area contributed by atoms with Crippen molar-refractivity contribution in [3.8, 4) is 5.75 Å². The molecule has 1 aliphatic rings. The summed E-state index contributed by atoms with van der Waals surface area (Å²) in [7, 11) is 0. The van der Waals surface area contributed by atoms with E-state index in [0.29, 0.717) is 34.9 Å². The number of hydrogen-bond donors (Lipinski definition) is 1. The Labute approximate surface area is 160 Å². The van der Waals surface area contributed by atoms with Gasteiger partial charge in [0.2, 0.25) is 5.91 Å². The van der Waals surface area contributed by atoms with Crippen LogP contribution >= 0.6 is 11.6 Å². The highest BCUT2D eigenvalue weighted by molar-refractivity contribution is 6.30. The fourth-order valence-electron chi connectivity index (χ4n) is 2.67. The van der Waals surface area contributed by atoms with Gasteiger partial charge in [0, 0.05) is 40.9 Å². The van der Waals surface area contributed by atoms with Crippen molar-refractivity contribution in [3.05, 3.63) is 74.3 Å². The first-order valence-electron chi connectivity index (χ1n) is 8.25. The molecule has 0 atom stereocenters. The lowest BCUT2D eigenvalue weighted by Crippen LogP contribution is -2.23. The third kappa shape index (κ3) is 5.06. The summed E-state index contributed by atoms with van der Waals surface area (Å²) in [5, 5.41) is 14.5. The first-order valence-corrected chi connectivity index (χ1v) is 8.63. The van der Waals surface area contributed by atoms with Gasteiger partial charge in [0.25, 0.3) is 5.69 Å². The molecule has 3 rings (SSSR count). The van der Waals surface area contributed by atoms with Crippen LogP contribution in [0.4, 0.5) is 5.69 Å². The molecule has 1 amide bonds. The van der Waals surface area contributed by atoms with Crippen LogP contribution in [-0.2, 0) is 22.6 Å². The van der Waals surface area contributed by atoms with Crippen molar-refractivity contribution in [2.75, 3.05) is 13.3 Å². The SMILES string of the molecule is O=C(/C=C/c1cc([N+](=O)[O-])cc2c1OCOC2)NCCc1ccc(Cl)cc1. The van der Waals surface area contributed by atoms with Gasteiger partial charge < -0.3 is 14.8 Å². The Bertz CT molecular complexity index is 880. The lowest BCUT2D eigenvalue weighted by molar-refractivity contribution is -0.385. The zero-order valence-corrected chi connectivity index (χ0v) is 15.1. The van der Waals surface area contributed by atoms with Gasteiger partial charge in [-0.3, -0.25) is 14.9 Å². The monoisotopic (exact) mass is 388 g/mol. The number of amides is 1. The molecule has 0 spiro atoms. The zero-order valence-electron chi connectivity index (χ0n) is 14.3. The summed E-state index contributed by atoms with van der Waals surface area (Å²) >= 11 is 5.84. The van der Waals surface area contributed by atoms with Crippen molar-refractivity contribution in [2.24, 2.45) is 0 Å². The van der Waals surface area contributed by atoms with E-state index >= 15 is 0 Å². The summed E-state index contributed by atoms with van der Waals surface area (Å²) in [6, 6.07) is 10.2. The summed E-state index contributed by atoms with van der Waals surface area (Å²) in [6.45, 7) is 0.756. The number of fused-ring (bicyclic) bond motifs is 1. The van der Waals surface area contributed by atoms with Crippen molar-refractivity contribution in [2.45, 2.75) is 13.0 Å². The molecule has 8 heteroatoms. The summed E-state index contributed by atoms with van der Waals surface area (Å²) in [5.74, 6) is 0.202. The Kier molecular flexibility index (Phi) is 6.05. The van der Waals surface area contributed by atoms with E-state index < -0.39 is 4.92 Å². The number of halogens is 1. The van der Waals surface area contributed by atoms with Crippen molar-refractivity contribution >= 4 is 29.3 Å². The summed E-state index contributed by atoms with van der Waals surface area (Å²) in [6.07, 6.45) is 3.51. The molecule has 7 nitrogen and oxygen atoms in total. The average Bonchev–Trinajstić information content (AvgIpc) is 2.67. The van der Waals surface area contributed by atoms with Crippen LogP contribution in [0.2, 0.25) is 5.02 Å². The molecule has 0 unspecified atom stereocenters. The Morgan fingerprint density at radius 2 is 2.07 bits per heavy atom. The molecule has 1 N–H and O–H groups in total. The van der Waals surface area contributed by atoms with E-state index in [1.807, 2.05) is 12.1 Å². The number of nitrogens with one attached hydrogen (secondary N) is 1. The van der Waals surface area contributed by atoms with Crippen LogP contribution in [0.3, 0.4) is 0 Å². The predicted octanol–water partition coefficient (Wildman–Crippen LogP) is 3.49. The van der Waals surface area contributed by atoms with Crippen LogP contribution in [0.25, 0.3) is 6.08 Å². The summed E-state index contributed by atoms with van der Waals surface area (Å²) in [4.78, 5) is 22.6. The number of ether oxygens (including phenoxy) is 2. The van der Waals surface area contributed by atoms with Gasteiger partial charge in [0.1, 0.15) is 5.75 Å². The van der Waals surface area contributed by atoms with Crippen molar-refractivity contribution in [3.63, 3.8) is 0 Å². The molecule has 0 bridgehead atoms. The second-order valence-electron chi connectivity index (χ2n) is 5.89. The highest BCUT2D eigenvalue weighted by atomic mass is 35.5. The second kappa shape index (κ2) is 8.66. The van der Waals surface area contributed by atoms with Crippen LogP contribution in [0.15, 0.2) is 42.5 Å². The first kappa shape index (κ1) is 18.9. The highest BCUT2D eigenvalue weighted by Gasteiger charge is 2.19. The average molecular weight is 389 g/mol. The fourth-order valence-corrected chi connectivity index (χ4v) is 2.79. The first-order chi connectivity index (χ1) is 13.0. The number of nitrogens with zero attached hydrogens (tertiary/aromatic N) is 1. The molecule has 2 aromatic carbocycles. The maximum Gasteiger partial charge on any atom is 0.270 e. The summed E-state index contributed by atoms with van der Waals surface area (Å²) < 4.78 is 10.6. The van der Waals surface area contributed by atoms with Crippen LogP contribution < -0.4 is 10.1 Å². The molecule has 0 aromatic heterocycles. The van der Waals surface area contributed by atoms with Gasteiger partial charge in [-0.1, -0.05) is 23.7 Å². The van der Waals surface area contributed by atoms with E-state index in [9.17, 15) is 14.9 Å². The minimum atomic E-state index is -0.488. The lowest BCUT2D eigenvalue weighted by atomic mass is 10.1. The lowest BCUT2D eigenvalue weighted by Gasteiger charge is -2.19. The topological polar surface area (TPSA) is 90.7 Å². The molecule has 0 saturated carbocycles. The molecule has 1 aliphatic heterocycles. The van der Waals surface area contributed by atoms with Gasteiger partial charge in [0.05, 0.1) is 11.5 Å². The normalized spacial score (nSPS) is 13.1. The predicted molar refractivity (Wildman–Crippen MR) is 101 cm³/mol. The smallest absolute Gasteiger partial charge is 0.270 e. The van der Waals surface area contributed by atoms with Gasteiger partial charge in [-0.15, -0.1) is 0 Å². The van der Waals surface area contributed by atoms with E-state index in [1.165, 1.54) is 24.3 Å². The minimum Gasteiger partial charge on any atom is -0.467 e. The van der Waals surface area contributed by atoms with Gasteiger partial charge in [-0.25, -0.2) is 0 Å². The largest absolute Gasteiger partial charge is 0.467 e. The Balaban J connectivity index is 1.64. The number of benzene rings is 2. The zero-order chi connectivity index (χ0) is 19.2. The number of nitro groups is 1. The van der Waals surface area contributed by atoms with Crippen LogP contribution in [-0.4, -0.2) is 24.2 Å². The van der Waals surface area contributed by atoms with Crippen LogP contribution in [0, 0.1) is 10.1 Å². The van der Waals surface area contributed by atoms with E-state index in [-0.39, 0.29) is 25.0 Å². The second-order valence-corrected chi connectivity index (χ2v) is 6.33. The van der Waals surface area contributed by atoms with Gasteiger partial charge in [-0.05, 0) is 30.2 Å². The van der Waals surface area contributed by atoms with Gasteiger partial charge in [0.15, 0.2) is 6.79 Å². The highest BCUT2D eigenvalue weighted by Crippen LogP contribution is 2.33. The van der Waals surface area contributed by atoms with Gasteiger partial charge in [-0.2, -0.15) is 0 Å². The quantitative estimate of drug-likeness (QED) is 0.464. The van der Waals surface area contributed by atoms with E-state index in [1.54, 1.807) is 12.1 Å². The third-order valence-electron chi connectivity index (χ3n) is 3.97. The van der Waals surface area contributed by atoms with E-state index in [0.717, 1.165) is 5.56 Å². The maximum absolute atomic E-state index is 12.0. The van der Waals surface area contributed by atoms with Crippen molar-refractivity contribution < 1.29 is 19.2 Å². The molecule has 0 radical (unpaired) electrons. The molecule has 0 fully saturated rings. The van der Waals surface area contributed by atoms with Crippen molar-refractivity contribution in [1.29, 1.82) is 0 Å². The third-order valence-corrected chi connectivity index (χ3v) is 4.23. The Morgan fingerprint density at radius 3 is 2.81 bits per heavy atom. The molecular formula is C19H17ClN2O5. The van der Waals surface area contributed by atoms with E-state index in [2.05, 4.69) is 5.32 Å². The molecule has 140 valence electrons. The van der Waals surface area contributed by atoms with E-state index in [4.69, 9.17) is 21.1 Å². The number of carbonyl (C=O) groups excluding carboxylic acids is 1. The number of carbonyl (C=O) groups is 1. The molecule has 1 heterocycles. The number of rotatable bonds is 6. The fraction of sp³-hybridized carbons (Fsp3) is 0.211. The number of nitro benzene ring substituents is 1. The number of hydrogen-bond acceptors (Lipinski definition) is 5. The molecule has 27 heavy (non-hydrogen) atoms. The number of non-ortho nitro benzene ring substituents is 1. The van der Waals surface area contributed by atoms with Crippen LogP contribution in [0.5, 0.6) is 5.75 Å². The van der Waals surface area contributed by atoms with Crippen molar-refractivity contribution in [1.82, 2.24) is 5.32 Å². The maximum atomic E-state index is 12.0. The minimum absolute atomic E-state index is 0.0684. The standard InChI is InChI=1S/C19H17ClN2O5/c20-16-4-1-13(2-5-16)7-8-21-18(23)6-3-14-9-17(22(24)25)10-15-11-26-12-27-19(14)15/h1-6,9-10H,7-8,11-12H2,(H,21,23)/b6-3+. The van der Waals surface area contributed by atoms with Crippen LogP contribution in [0.1, 0.15) is 16.7 Å². The Hall–Kier alpha value is -2.90. The molecular weight excluding hydrogens is 372 g/mol. The molecule has 2 aromatic rings. The van der Waals surface area contributed by atoms with Gasteiger partial charge >= 0.3 is 0 Å². The summed E-state index contributed by atoms with van der Waals surface area (Å²) in [5.41, 5.74) is 2.03.